The summed E-state index contributed by atoms with van der Waals surface area (Å²) < 4.78 is 73.4. The van der Waals surface area contributed by atoms with Crippen LogP contribution in [0.15, 0.2) is 143 Å². The summed E-state index contributed by atoms with van der Waals surface area (Å²) in [6.45, 7) is 5.82. The van der Waals surface area contributed by atoms with Gasteiger partial charge < -0.3 is 4.57 Å². The fraction of sp³-hybridized carbons (Fsp3) is 0.114. The van der Waals surface area contributed by atoms with Crippen molar-refractivity contribution in [2.75, 3.05) is 6.26 Å². The maximum absolute atomic E-state index is 14.2. The van der Waals surface area contributed by atoms with E-state index in [1.165, 1.54) is 9.79 Å². The molecule has 0 amide bonds. The van der Waals surface area contributed by atoms with E-state index in [0.717, 1.165) is 16.7 Å². The van der Waals surface area contributed by atoms with Crippen molar-refractivity contribution in [2.24, 2.45) is 0 Å². The van der Waals surface area contributed by atoms with Crippen LogP contribution in [-0.4, -0.2) is 11.8 Å². The van der Waals surface area contributed by atoms with E-state index in [2.05, 4.69) is 66.9 Å². The van der Waals surface area contributed by atoms with E-state index in [0.29, 0.717) is 16.2 Å². The molecule has 0 aliphatic carbocycles. The third-order valence-corrected chi connectivity index (χ3v) is 11.4. The molecule has 0 aliphatic rings. The van der Waals surface area contributed by atoms with E-state index in [1.54, 1.807) is 24.3 Å². The first-order chi connectivity index (χ1) is 21.3. The molecule has 0 aliphatic heterocycles. The van der Waals surface area contributed by atoms with Crippen molar-refractivity contribution in [3.05, 3.63) is 156 Å². The van der Waals surface area contributed by atoms with Crippen LogP contribution in [0.3, 0.4) is 0 Å². The zero-order chi connectivity index (χ0) is 34.2. The Morgan fingerprint density at radius 2 is 0.848 bits per heavy atom. The first-order valence-electron chi connectivity index (χ1n) is 13.9. The second kappa shape index (κ2) is 14.0. The fourth-order valence-electron chi connectivity index (χ4n) is 4.72. The minimum atomic E-state index is -10.7. The Labute approximate surface area is 268 Å². The van der Waals surface area contributed by atoms with E-state index in [1.807, 2.05) is 69.3 Å². The zero-order valence-electron chi connectivity index (χ0n) is 25.6. The average molecular weight is 695 g/mol. The molecule has 11 heteroatoms. The number of benzene rings is 5. The van der Waals surface area contributed by atoms with Gasteiger partial charge in [-0.2, -0.15) is 0 Å². The first-order valence-corrected chi connectivity index (χ1v) is 19.3. The van der Waals surface area contributed by atoms with Gasteiger partial charge >= 0.3 is 33.0 Å². The zero-order valence-corrected chi connectivity index (χ0v) is 28.2. The second-order valence-corrected chi connectivity index (χ2v) is 17.0. The molecule has 0 saturated heterocycles. The summed E-state index contributed by atoms with van der Waals surface area (Å²) in [5.74, 6) is 0. The van der Waals surface area contributed by atoms with Crippen molar-refractivity contribution in [1.29, 1.82) is 0 Å². The van der Waals surface area contributed by atoms with E-state index in [-0.39, 0.29) is 16.4 Å². The van der Waals surface area contributed by atoms with Gasteiger partial charge in [0.25, 0.3) is 0 Å². The van der Waals surface area contributed by atoms with Crippen LogP contribution in [0.25, 0.3) is 0 Å². The molecule has 0 N–H and O–H groups in total. The monoisotopic (exact) mass is 694 g/mol. The Hall–Kier alpha value is -3.64. The van der Waals surface area contributed by atoms with E-state index in [4.69, 9.17) is 0 Å². The van der Waals surface area contributed by atoms with Crippen molar-refractivity contribution < 1.29 is 34.5 Å². The summed E-state index contributed by atoms with van der Waals surface area (Å²) in [7, 11) is -13.9. The molecule has 0 spiro atoms. The van der Waals surface area contributed by atoms with Gasteiger partial charge in [-0.25, -0.2) is 0 Å². The fourth-order valence-corrected chi connectivity index (χ4v) is 8.74. The van der Waals surface area contributed by atoms with Crippen LogP contribution < -0.4 is 10.6 Å². The predicted molar refractivity (Wildman–Crippen MR) is 181 cm³/mol. The van der Waals surface area contributed by atoms with Gasteiger partial charge in [0.15, 0.2) is 9.79 Å². The van der Waals surface area contributed by atoms with Gasteiger partial charge in [0.1, 0.15) is 6.26 Å². The molecule has 5 aromatic rings. The van der Waals surface area contributed by atoms with Gasteiger partial charge in [-0.05, 0) is 56.2 Å². The molecule has 0 aromatic heterocycles. The van der Waals surface area contributed by atoms with Gasteiger partial charge in [-0.3, -0.25) is 4.79 Å². The molecule has 46 heavy (non-hydrogen) atoms. The van der Waals surface area contributed by atoms with Crippen LogP contribution in [0.4, 0.5) is 25.2 Å². The van der Waals surface area contributed by atoms with Crippen LogP contribution in [0.1, 0.15) is 27.0 Å². The molecule has 0 saturated carbocycles. The minimum absolute atomic E-state index is 0.203. The Kier molecular flexibility index (Phi) is 11.2. The molecular weight excluding hydrogens is 660 g/mol. The third kappa shape index (κ3) is 11.3. The molecule has 5 rings (SSSR count). The van der Waals surface area contributed by atoms with Gasteiger partial charge in [0.05, 0.1) is 10.9 Å². The summed E-state index contributed by atoms with van der Waals surface area (Å²) in [5, 5.41) is 1.15. The summed E-state index contributed by atoms with van der Waals surface area (Å²) in [4.78, 5) is 16.4. The van der Waals surface area contributed by atoms with Gasteiger partial charge in [-0.1, -0.05) is 115 Å². The molecular formula is C35H34F6O2P2S. The summed E-state index contributed by atoms with van der Waals surface area (Å²) in [5.41, 5.74) is 3.12. The molecule has 5 aromatic carbocycles. The van der Waals surface area contributed by atoms with Crippen molar-refractivity contribution in [2.45, 2.75) is 30.6 Å². The molecule has 2 nitrogen and oxygen atoms in total. The van der Waals surface area contributed by atoms with Gasteiger partial charge in [-0.15, -0.1) is 0 Å². The summed E-state index contributed by atoms with van der Waals surface area (Å²) in [6.07, 6.45) is 2.27. The van der Waals surface area contributed by atoms with Gasteiger partial charge in [0, 0.05) is 16.2 Å². The summed E-state index contributed by atoms with van der Waals surface area (Å²) >= 11 is 0. The molecule has 0 fully saturated rings. The van der Waals surface area contributed by atoms with E-state index < -0.39 is 15.0 Å². The van der Waals surface area contributed by atoms with Crippen LogP contribution in [0.2, 0.25) is 0 Å². The number of aryl methyl sites for hydroxylation is 3. The van der Waals surface area contributed by atoms with Crippen LogP contribution in [-0.2, 0) is 15.5 Å². The number of hydrogen-bond acceptors (Lipinski definition) is 2. The van der Waals surface area contributed by atoms with Crippen LogP contribution >= 0.6 is 15.0 Å². The Bertz CT molecular complexity index is 1690. The number of carbonyl (C=O) groups is 1. The third-order valence-electron chi connectivity index (χ3n) is 6.61. The van der Waals surface area contributed by atoms with E-state index in [9.17, 15) is 34.5 Å². The van der Waals surface area contributed by atoms with Crippen molar-refractivity contribution in [3.8, 4) is 0 Å². The van der Waals surface area contributed by atoms with Crippen LogP contribution in [0.5, 0.6) is 0 Å². The summed E-state index contributed by atoms with van der Waals surface area (Å²) in [6, 6.07) is 43.4. The normalized spacial score (nSPS) is 12.8. The molecule has 0 radical (unpaired) electrons. The number of halogens is 6. The molecule has 0 unspecified atom stereocenters. The Balaban J connectivity index is 0.000000229. The Morgan fingerprint density at radius 1 is 0.565 bits per heavy atom. The SMILES string of the molecule is C[S+](c1ccccc1)c1ccccc1.Cc1cc(C)c(C(=O)P(=O)(c2ccccc2)c2ccccc2)c(C)c1.F[P-](F)(F)(F)(F)F. The molecule has 244 valence electrons. The average Bonchev–Trinajstić information content (AvgIpc) is 3.00. The standard InChI is InChI=1S/C22H21O2P.C13H13S.F6P/c1-16-14-17(2)21(18(3)15-16)22(23)25(24,19-10-6-4-7-11-19)20-12-8-5-9-13-20;1-14(12-8-4-2-5-9-12)13-10-6-3-7-11-13;1-7(2,3,4,5)6/h4-15H,1-3H3;2-11H,1H3;/q;+1;-1. The predicted octanol–water partition coefficient (Wildman–Crippen LogP) is 11.5. The van der Waals surface area contributed by atoms with Crippen molar-refractivity contribution >= 4 is 42.0 Å². The maximum atomic E-state index is 14.2. The number of hydrogen-bond donors (Lipinski definition) is 0. The van der Waals surface area contributed by atoms with Crippen LogP contribution in [0, 0.1) is 20.8 Å². The topological polar surface area (TPSA) is 34.1 Å². The van der Waals surface area contributed by atoms with Crippen molar-refractivity contribution in [1.82, 2.24) is 0 Å². The van der Waals surface area contributed by atoms with Gasteiger partial charge in [0.2, 0.25) is 12.7 Å². The second-order valence-electron chi connectivity index (χ2n) is 10.5. The van der Waals surface area contributed by atoms with E-state index >= 15 is 0 Å². The number of rotatable bonds is 6. The molecule has 0 atom stereocenters. The first kappa shape index (κ1) is 36.8. The number of carbonyl (C=O) groups excluding carboxylic acids is 1. The molecule has 0 heterocycles. The molecule has 0 bridgehead atoms. The van der Waals surface area contributed by atoms with Crippen molar-refractivity contribution in [3.63, 3.8) is 0 Å². The Morgan fingerprint density at radius 3 is 1.15 bits per heavy atom. The quantitative estimate of drug-likeness (QED) is 0.101.